The molecule has 1 aromatic carbocycles. The predicted octanol–water partition coefficient (Wildman–Crippen LogP) is 0.456. The van der Waals surface area contributed by atoms with E-state index in [0.717, 1.165) is 24.1 Å². The number of para-hydroxylation sites is 2. The lowest BCUT2D eigenvalue weighted by Gasteiger charge is -2.06. The fourth-order valence-electron chi connectivity index (χ4n) is 2.35. The molecule has 0 radical (unpaired) electrons. The van der Waals surface area contributed by atoms with Crippen LogP contribution in [-0.2, 0) is 18.4 Å². The minimum Gasteiger partial charge on any atom is -0.355 e. The largest absolute Gasteiger partial charge is 0.355 e. The second kappa shape index (κ2) is 7.08. The molecule has 2 rings (SSSR count). The molecule has 0 fully saturated rings. The molecule has 6 nitrogen and oxygen atoms in total. The van der Waals surface area contributed by atoms with Gasteiger partial charge in [0.05, 0.1) is 11.0 Å². The van der Waals surface area contributed by atoms with Crippen molar-refractivity contribution >= 4 is 16.9 Å². The van der Waals surface area contributed by atoms with E-state index in [1.54, 1.807) is 16.2 Å². The van der Waals surface area contributed by atoms with Crippen molar-refractivity contribution in [1.82, 2.24) is 19.8 Å². The van der Waals surface area contributed by atoms with Crippen LogP contribution >= 0.6 is 0 Å². The number of aromatic nitrogens is 2. The maximum absolute atomic E-state index is 12.2. The first kappa shape index (κ1) is 15.3. The standard InChI is InChI=1S/C15H22N4O2/c1-3-16-9-10-17-14(20)8-11-19-13-7-5-4-6-12(13)18(2)15(19)21/h4-7,16H,3,8-11H2,1-2H3,(H,17,20). The zero-order valence-corrected chi connectivity index (χ0v) is 12.6. The Balaban J connectivity index is 1.99. The van der Waals surface area contributed by atoms with Crippen molar-refractivity contribution in [2.75, 3.05) is 19.6 Å². The monoisotopic (exact) mass is 290 g/mol. The molecule has 2 aromatic rings. The Morgan fingerprint density at radius 3 is 2.62 bits per heavy atom. The highest BCUT2D eigenvalue weighted by molar-refractivity contribution is 5.77. The van der Waals surface area contributed by atoms with Crippen LogP contribution in [0.25, 0.3) is 11.0 Å². The predicted molar refractivity (Wildman–Crippen MR) is 83.3 cm³/mol. The summed E-state index contributed by atoms with van der Waals surface area (Å²) in [4.78, 5) is 24.0. The summed E-state index contributed by atoms with van der Waals surface area (Å²) in [6.07, 6.45) is 0.306. The number of rotatable bonds is 7. The highest BCUT2D eigenvalue weighted by atomic mass is 16.2. The molecule has 1 heterocycles. The molecule has 1 amide bonds. The topological polar surface area (TPSA) is 68.1 Å². The molecule has 0 unspecified atom stereocenters. The fraction of sp³-hybridized carbons (Fsp3) is 0.467. The van der Waals surface area contributed by atoms with Gasteiger partial charge in [-0.15, -0.1) is 0 Å². The van der Waals surface area contributed by atoms with Crippen molar-refractivity contribution in [2.24, 2.45) is 7.05 Å². The molecule has 0 spiro atoms. The van der Waals surface area contributed by atoms with Crippen molar-refractivity contribution in [1.29, 1.82) is 0 Å². The van der Waals surface area contributed by atoms with Gasteiger partial charge in [-0.25, -0.2) is 4.79 Å². The van der Waals surface area contributed by atoms with E-state index in [-0.39, 0.29) is 11.6 Å². The third-order valence-electron chi connectivity index (χ3n) is 3.49. The number of amides is 1. The zero-order chi connectivity index (χ0) is 15.2. The van der Waals surface area contributed by atoms with Crippen LogP contribution in [0.5, 0.6) is 0 Å². The van der Waals surface area contributed by atoms with Gasteiger partial charge in [0.2, 0.25) is 5.91 Å². The SMILES string of the molecule is CCNCCNC(=O)CCn1c(=O)n(C)c2ccccc21. The van der Waals surface area contributed by atoms with Gasteiger partial charge >= 0.3 is 5.69 Å². The van der Waals surface area contributed by atoms with E-state index in [4.69, 9.17) is 0 Å². The number of aryl methyl sites for hydroxylation is 2. The lowest BCUT2D eigenvalue weighted by molar-refractivity contribution is -0.121. The number of hydrogen-bond donors (Lipinski definition) is 2. The van der Waals surface area contributed by atoms with Gasteiger partial charge in [-0.3, -0.25) is 13.9 Å². The van der Waals surface area contributed by atoms with Crippen LogP contribution < -0.4 is 16.3 Å². The van der Waals surface area contributed by atoms with E-state index in [1.807, 2.05) is 31.2 Å². The summed E-state index contributed by atoms with van der Waals surface area (Å²) < 4.78 is 3.26. The Morgan fingerprint density at radius 1 is 1.19 bits per heavy atom. The third-order valence-corrected chi connectivity index (χ3v) is 3.49. The maximum atomic E-state index is 12.2. The van der Waals surface area contributed by atoms with Crippen LogP contribution in [0.1, 0.15) is 13.3 Å². The number of benzene rings is 1. The first-order chi connectivity index (χ1) is 10.1. The van der Waals surface area contributed by atoms with Crippen LogP contribution in [0, 0.1) is 0 Å². The van der Waals surface area contributed by atoms with Crippen LogP contribution in [0.3, 0.4) is 0 Å². The van der Waals surface area contributed by atoms with Gasteiger partial charge in [-0.2, -0.15) is 0 Å². The first-order valence-corrected chi connectivity index (χ1v) is 7.26. The summed E-state index contributed by atoms with van der Waals surface area (Å²) in [5, 5.41) is 5.98. The highest BCUT2D eigenvalue weighted by Crippen LogP contribution is 2.11. The maximum Gasteiger partial charge on any atom is 0.328 e. The van der Waals surface area contributed by atoms with E-state index >= 15 is 0 Å². The Labute approximate surface area is 123 Å². The molecule has 21 heavy (non-hydrogen) atoms. The molecule has 0 aliphatic carbocycles. The Hall–Kier alpha value is -2.08. The van der Waals surface area contributed by atoms with Crippen molar-refractivity contribution in [2.45, 2.75) is 19.9 Å². The number of hydrogen-bond acceptors (Lipinski definition) is 3. The van der Waals surface area contributed by atoms with Crippen molar-refractivity contribution in [3.05, 3.63) is 34.7 Å². The van der Waals surface area contributed by atoms with E-state index in [0.29, 0.717) is 19.5 Å². The van der Waals surface area contributed by atoms with Crippen molar-refractivity contribution < 1.29 is 4.79 Å². The van der Waals surface area contributed by atoms with Crippen molar-refractivity contribution in [3.8, 4) is 0 Å². The van der Waals surface area contributed by atoms with E-state index < -0.39 is 0 Å². The summed E-state index contributed by atoms with van der Waals surface area (Å²) in [7, 11) is 1.75. The average Bonchev–Trinajstić information content (AvgIpc) is 2.74. The Kier molecular flexibility index (Phi) is 5.16. The zero-order valence-electron chi connectivity index (χ0n) is 12.6. The molecule has 0 bridgehead atoms. The van der Waals surface area contributed by atoms with Gasteiger partial charge in [-0.05, 0) is 18.7 Å². The number of likely N-dealkylation sites (N-methyl/N-ethyl adjacent to an activating group) is 1. The molecule has 1 aromatic heterocycles. The Morgan fingerprint density at radius 2 is 1.90 bits per heavy atom. The average molecular weight is 290 g/mol. The fourth-order valence-corrected chi connectivity index (χ4v) is 2.35. The molecule has 0 aliphatic rings. The second-order valence-corrected chi connectivity index (χ2v) is 4.94. The van der Waals surface area contributed by atoms with Gasteiger partial charge in [0.25, 0.3) is 0 Å². The molecule has 0 aliphatic heterocycles. The summed E-state index contributed by atoms with van der Waals surface area (Å²) in [6, 6.07) is 7.61. The van der Waals surface area contributed by atoms with E-state index in [2.05, 4.69) is 10.6 Å². The second-order valence-electron chi connectivity index (χ2n) is 4.94. The summed E-state index contributed by atoms with van der Waals surface area (Å²) >= 11 is 0. The quantitative estimate of drug-likeness (QED) is 0.728. The summed E-state index contributed by atoms with van der Waals surface area (Å²) in [6.45, 7) is 4.68. The minimum atomic E-state index is -0.0864. The molecular weight excluding hydrogens is 268 g/mol. The first-order valence-electron chi connectivity index (χ1n) is 7.26. The molecule has 0 atom stereocenters. The number of nitrogens with one attached hydrogen (secondary N) is 2. The van der Waals surface area contributed by atoms with Crippen LogP contribution in [0.2, 0.25) is 0 Å². The molecule has 0 saturated heterocycles. The highest BCUT2D eigenvalue weighted by Gasteiger charge is 2.10. The van der Waals surface area contributed by atoms with Crippen LogP contribution in [0.15, 0.2) is 29.1 Å². The number of fused-ring (bicyclic) bond motifs is 1. The molecule has 6 heteroatoms. The number of carbonyl (C=O) groups excluding carboxylic acids is 1. The van der Waals surface area contributed by atoms with Crippen LogP contribution in [-0.4, -0.2) is 34.7 Å². The van der Waals surface area contributed by atoms with Gasteiger partial charge in [0.15, 0.2) is 0 Å². The minimum absolute atomic E-state index is 0.0345. The van der Waals surface area contributed by atoms with Gasteiger partial charge < -0.3 is 10.6 Å². The molecule has 114 valence electrons. The lowest BCUT2D eigenvalue weighted by atomic mass is 10.3. The molecule has 0 saturated carbocycles. The summed E-state index contributed by atoms with van der Waals surface area (Å²) in [5.74, 6) is -0.0345. The summed E-state index contributed by atoms with van der Waals surface area (Å²) in [5.41, 5.74) is 1.66. The lowest BCUT2D eigenvalue weighted by Crippen LogP contribution is -2.33. The van der Waals surface area contributed by atoms with E-state index in [1.165, 1.54) is 0 Å². The van der Waals surface area contributed by atoms with Crippen molar-refractivity contribution in [3.63, 3.8) is 0 Å². The number of carbonyl (C=O) groups is 1. The van der Waals surface area contributed by atoms with Crippen LogP contribution in [0.4, 0.5) is 0 Å². The molecular formula is C15H22N4O2. The normalized spacial score (nSPS) is 11.0. The smallest absolute Gasteiger partial charge is 0.328 e. The third kappa shape index (κ3) is 3.52. The van der Waals surface area contributed by atoms with Gasteiger partial charge in [-0.1, -0.05) is 19.1 Å². The number of imidazole rings is 1. The van der Waals surface area contributed by atoms with Gasteiger partial charge in [0, 0.05) is 33.1 Å². The van der Waals surface area contributed by atoms with Gasteiger partial charge in [0.1, 0.15) is 0 Å². The Bertz CT molecular complexity index is 672. The van der Waals surface area contributed by atoms with E-state index in [9.17, 15) is 9.59 Å². The molecule has 2 N–H and O–H groups in total. The number of nitrogens with zero attached hydrogens (tertiary/aromatic N) is 2.